The van der Waals surface area contributed by atoms with Crippen LogP contribution in [0.3, 0.4) is 0 Å². The van der Waals surface area contributed by atoms with Crippen LogP contribution in [-0.2, 0) is 14.4 Å². The van der Waals surface area contributed by atoms with Gasteiger partial charge in [-0.1, -0.05) is 30.3 Å². The number of carbonyl (C=O) groups is 3. The predicted octanol–water partition coefficient (Wildman–Crippen LogP) is 1.74. The van der Waals surface area contributed by atoms with Gasteiger partial charge in [0.05, 0.1) is 0 Å². The third kappa shape index (κ3) is 5.36. The zero-order chi connectivity index (χ0) is 16.7. The number of Topliss-reactive ketones (excluding diaryl/α,β-unsaturated/α-hetero) is 1. The summed E-state index contributed by atoms with van der Waals surface area (Å²) in [5.41, 5.74) is 0.985. The lowest BCUT2D eigenvalue weighted by atomic mass is 10.2. The third-order valence-electron chi connectivity index (χ3n) is 3.85. The minimum atomic E-state index is -0.0373. The molecule has 1 fully saturated rings. The van der Waals surface area contributed by atoms with Gasteiger partial charge >= 0.3 is 0 Å². The van der Waals surface area contributed by atoms with Crippen LogP contribution in [-0.4, -0.2) is 53.6 Å². The van der Waals surface area contributed by atoms with E-state index in [1.54, 1.807) is 22.0 Å². The maximum atomic E-state index is 12.2. The van der Waals surface area contributed by atoms with Crippen molar-refractivity contribution in [2.24, 2.45) is 0 Å². The SMILES string of the molecule is CC(=O)CCC(=O)N1CCN(C(=O)/C=C/c2ccccc2)CC1. The topological polar surface area (TPSA) is 57.7 Å². The Hall–Kier alpha value is -2.43. The Bertz CT molecular complexity index is 588. The first-order valence-electron chi connectivity index (χ1n) is 7.85. The van der Waals surface area contributed by atoms with E-state index in [9.17, 15) is 14.4 Å². The second-order valence-corrected chi connectivity index (χ2v) is 5.65. The van der Waals surface area contributed by atoms with E-state index in [4.69, 9.17) is 0 Å². The van der Waals surface area contributed by atoms with Crippen molar-refractivity contribution in [2.75, 3.05) is 26.2 Å². The smallest absolute Gasteiger partial charge is 0.246 e. The van der Waals surface area contributed by atoms with Crippen LogP contribution in [0.2, 0.25) is 0 Å². The van der Waals surface area contributed by atoms with Crippen LogP contribution in [0, 0.1) is 0 Å². The molecule has 1 aromatic carbocycles. The van der Waals surface area contributed by atoms with Crippen LogP contribution in [0.25, 0.3) is 6.08 Å². The van der Waals surface area contributed by atoms with Crippen molar-refractivity contribution in [3.8, 4) is 0 Å². The molecule has 0 N–H and O–H groups in total. The fourth-order valence-electron chi connectivity index (χ4n) is 2.45. The summed E-state index contributed by atoms with van der Waals surface area (Å²) in [7, 11) is 0. The van der Waals surface area contributed by atoms with Gasteiger partial charge in [-0.2, -0.15) is 0 Å². The summed E-state index contributed by atoms with van der Waals surface area (Å²) < 4.78 is 0. The van der Waals surface area contributed by atoms with Gasteiger partial charge < -0.3 is 14.6 Å². The molecule has 0 aliphatic carbocycles. The summed E-state index contributed by atoms with van der Waals surface area (Å²) in [6.45, 7) is 3.61. The largest absolute Gasteiger partial charge is 0.339 e. The lowest BCUT2D eigenvalue weighted by molar-refractivity contribution is -0.138. The van der Waals surface area contributed by atoms with E-state index in [2.05, 4.69) is 0 Å². The number of carbonyl (C=O) groups excluding carboxylic acids is 3. The first kappa shape index (κ1) is 16.9. The molecule has 0 saturated carbocycles. The van der Waals surface area contributed by atoms with Crippen molar-refractivity contribution >= 4 is 23.7 Å². The van der Waals surface area contributed by atoms with Gasteiger partial charge in [0.15, 0.2) is 0 Å². The van der Waals surface area contributed by atoms with Crippen LogP contribution < -0.4 is 0 Å². The first-order chi connectivity index (χ1) is 11.1. The molecule has 5 heteroatoms. The number of piperazine rings is 1. The molecule has 0 atom stereocenters. The zero-order valence-electron chi connectivity index (χ0n) is 13.4. The molecule has 0 radical (unpaired) electrons. The molecule has 0 aromatic heterocycles. The molecular formula is C18H22N2O3. The molecule has 0 spiro atoms. The van der Waals surface area contributed by atoms with Gasteiger partial charge in [-0.15, -0.1) is 0 Å². The van der Waals surface area contributed by atoms with E-state index in [1.165, 1.54) is 6.92 Å². The number of benzene rings is 1. The van der Waals surface area contributed by atoms with Gasteiger partial charge in [-0.25, -0.2) is 0 Å². The van der Waals surface area contributed by atoms with Gasteiger partial charge in [0.25, 0.3) is 0 Å². The monoisotopic (exact) mass is 314 g/mol. The Balaban J connectivity index is 1.79. The highest BCUT2D eigenvalue weighted by Gasteiger charge is 2.22. The normalized spacial score (nSPS) is 15.0. The summed E-state index contributed by atoms with van der Waals surface area (Å²) in [6.07, 6.45) is 3.92. The van der Waals surface area contributed by atoms with Crippen molar-refractivity contribution < 1.29 is 14.4 Å². The highest BCUT2D eigenvalue weighted by atomic mass is 16.2. The first-order valence-corrected chi connectivity index (χ1v) is 7.85. The molecule has 2 rings (SSSR count). The number of rotatable bonds is 5. The Kier molecular flexibility index (Phi) is 6.09. The average molecular weight is 314 g/mol. The molecule has 2 amide bonds. The number of hydrogen-bond donors (Lipinski definition) is 0. The second kappa shape index (κ2) is 8.27. The Labute approximate surface area is 136 Å². The van der Waals surface area contributed by atoms with Gasteiger partial charge in [0.1, 0.15) is 5.78 Å². The van der Waals surface area contributed by atoms with Crippen molar-refractivity contribution in [3.63, 3.8) is 0 Å². The molecule has 1 aliphatic heterocycles. The fourth-order valence-corrected chi connectivity index (χ4v) is 2.45. The Morgan fingerprint density at radius 2 is 1.57 bits per heavy atom. The van der Waals surface area contributed by atoms with Crippen LogP contribution in [0.4, 0.5) is 0 Å². The number of amides is 2. The molecule has 23 heavy (non-hydrogen) atoms. The molecule has 0 unspecified atom stereocenters. The predicted molar refractivity (Wildman–Crippen MR) is 88.6 cm³/mol. The summed E-state index contributed by atoms with van der Waals surface area (Å²) >= 11 is 0. The minimum absolute atomic E-state index is 0.00729. The van der Waals surface area contributed by atoms with Crippen molar-refractivity contribution in [1.82, 2.24) is 9.80 Å². The Morgan fingerprint density at radius 1 is 0.957 bits per heavy atom. The molecule has 122 valence electrons. The van der Waals surface area contributed by atoms with Crippen molar-refractivity contribution in [1.29, 1.82) is 0 Å². The molecule has 1 heterocycles. The van der Waals surface area contributed by atoms with Gasteiger partial charge in [-0.3, -0.25) is 9.59 Å². The van der Waals surface area contributed by atoms with Gasteiger partial charge in [0.2, 0.25) is 11.8 Å². The van der Waals surface area contributed by atoms with Crippen LogP contribution in [0.15, 0.2) is 36.4 Å². The van der Waals surface area contributed by atoms with E-state index in [1.807, 2.05) is 30.3 Å². The highest BCUT2D eigenvalue weighted by Crippen LogP contribution is 2.07. The van der Waals surface area contributed by atoms with Gasteiger partial charge in [0, 0.05) is 45.1 Å². The van der Waals surface area contributed by atoms with Crippen molar-refractivity contribution in [2.45, 2.75) is 19.8 Å². The van der Waals surface area contributed by atoms with E-state index in [0.717, 1.165) is 5.56 Å². The molecule has 1 aromatic rings. The van der Waals surface area contributed by atoms with E-state index in [-0.39, 0.29) is 30.4 Å². The number of hydrogen-bond acceptors (Lipinski definition) is 3. The molecule has 5 nitrogen and oxygen atoms in total. The van der Waals surface area contributed by atoms with E-state index >= 15 is 0 Å². The van der Waals surface area contributed by atoms with E-state index in [0.29, 0.717) is 26.2 Å². The average Bonchev–Trinajstić information content (AvgIpc) is 2.58. The maximum absolute atomic E-state index is 12.2. The lowest BCUT2D eigenvalue weighted by Crippen LogP contribution is -2.50. The molecule has 1 saturated heterocycles. The second-order valence-electron chi connectivity index (χ2n) is 5.65. The van der Waals surface area contributed by atoms with Crippen molar-refractivity contribution in [3.05, 3.63) is 42.0 Å². The molecule has 0 bridgehead atoms. The number of ketones is 1. The maximum Gasteiger partial charge on any atom is 0.246 e. The van der Waals surface area contributed by atoms with E-state index < -0.39 is 0 Å². The lowest BCUT2D eigenvalue weighted by Gasteiger charge is -2.34. The summed E-state index contributed by atoms with van der Waals surface area (Å²) in [5.74, 6) is -0.0185. The summed E-state index contributed by atoms with van der Waals surface area (Å²) in [6, 6.07) is 9.66. The summed E-state index contributed by atoms with van der Waals surface area (Å²) in [4.78, 5) is 38.5. The molecular weight excluding hydrogens is 292 g/mol. The quantitative estimate of drug-likeness (QED) is 0.778. The molecule has 1 aliphatic rings. The standard InChI is InChI=1S/C18H22N2O3/c1-15(21)7-9-17(22)19-11-13-20(14-12-19)18(23)10-8-16-5-3-2-4-6-16/h2-6,8,10H,7,9,11-14H2,1H3/b10-8+. The van der Waals surface area contributed by atoms with Crippen LogP contribution in [0.5, 0.6) is 0 Å². The zero-order valence-corrected chi connectivity index (χ0v) is 13.4. The number of nitrogens with zero attached hydrogens (tertiary/aromatic N) is 2. The third-order valence-corrected chi connectivity index (χ3v) is 3.85. The summed E-state index contributed by atoms with van der Waals surface area (Å²) in [5, 5.41) is 0. The fraction of sp³-hybridized carbons (Fsp3) is 0.389. The highest BCUT2D eigenvalue weighted by molar-refractivity contribution is 5.92. The van der Waals surface area contributed by atoms with Crippen LogP contribution >= 0.6 is 0 Å². The van der Waals surface area contributed by atoms with Gasteiger partial charge in [-0.05, 0) is 18.6 Å². The minimum Gasteiger partial charge on any atom is -0.339 e. The Morgan fingerprint density at radius 3 is 2.17 bits per heavy atom. The van der Waals surface area contributed by atoms with Crippen LogP contribution in [0.1, 0.15) is 25.3 Å².